The Balaban J connectivity index is 2.18. The fraction of sp³-hybridized carbons (Fsp3) is 0.312. The van der Waals surface area contributed by atoms with E-state index < -0.39 is 0 Å². The van der Waals surface area contributed by atoms with Crippen LogP contribution in [0.1, 0.15) is 25.3 Å². The van der Waals surface area contributed by atoms with Crippen LogP contribution in [0.3, 0.4) is 0 Å². The van der Waals surface area contributed by atoms with E-state index in [9.17, 15) is 4.79 Å². The molecule has 1 aromatic carbocycles. The molecule has 0 saturated carbocycles. The van der Waals surface area contributed by atoms with E-state index in [0.717, 1.165) is 36.4 Å². The molecule has 100 valence electrons. The van der Waals surface area contributed by atoms with Crippen molar-refractivity contribution in [3.63, 3.8) is 0 Å². The molecule has 0 atom stereocenters. The average Bonchev–Trinajstić information content (AvgIpc) is 2.43. The van der Waals surface area contributed by atoms with Gasteiger partial charge in [0.2, 0.25) is 0 Å². The second-order valence-corrected chi connectivity index (χ2v) is 4.61. The zero-order valence-electron chi connectivity index (χ0n) is 11.4. The molecule has 0 N–H and O–H groups in total. The molecule has 1 aromatic heterocycles. The van der Waals surface area contributed by atoms with Crippen LogP contribution in [-0.4, -0.2) is 11.2 Å². The molecule has 2 rings (SSSR count). The van der Waals surface area contributed by atoms with E-state index in [0.29, 0.717) is 0 Å². The van der Waals surface area contributed by atoms with Crippen LogP contribution in [0, 0.1) is 6.92 Å². The van der Waals surface area contributed by atoms with Crippen LogP contribution in [0.15, 0.2) is 47.4 Å². The van der Waals surface area contributed by atoms with Gasteiger partial charge in [-0.15, -0.1) is 0 Å². The molecular formula is C16H19NO2. The lowest BCUT2D eigenvalue weighted by molar-refractivity contribution is 0.309. The van der Waals surface area contributed by atoms with E-state index in [-0.39, 0.29) is 5.56 Å². The molecule has 0 aliphatic rings. The summed E-state index contributed by atoms with van der Waals surface area (Å²) >= 11 is 0. The highest BCUT2D eigenvalue weighted by Gasteiger charge is 2.00. The number of aryl methyl sites for hydroxylation is 1. The van der Waals surface area contributed by atoms with E-state index in [1.54, 1.807) is 10.6 Å². The van der Waals surface area contributed by atoms with Crippen molar-refractivity contribution in [3.8, 4) is 11.4 Å². The highest BCUT2D eigenvalue weighted by Crippen LogP contribution is 2.15. The summed E-state index contributed by atoms with van der Waals surface area (Å²) in [6.07, 6.45) is 4.02. The molecule has 0 saturated heterocycles. The van der Waals surface area contributed by atoms with E-state index >= 15 is 0 Å². The summed E-state index contributed by atoms with van der Waals surface area (Å²) < 4.78 is 7.25. The Hall–Kier alpha value is -2.03. The second-order valence-electron chi connectivity index (χ2n) is 4.61. The van der Waals surface area contributed by atoms with Gasteiger partial charge in [0.25, 0.3) is 5.56 Å². The normalized spacial score (nSPS) is 10.4. The van der Waals surface area contributed by atoms with Gasteiger partial charge < -0.3 is 4.74 Å². The first-order valence-corrected chi connectivity index (χ1v) is 6.63. The maximum Gasteiger partial charge on any atom is 0.255 e. The molecular weight excluding hydrogens is 238 g/mol. The van der Waals surface area contributed by atoms with Gasteiger partial charge in [-0.3, -0.25) is 9.36 Å². The zero-order valence-corrected chi connectivity index (χ0v) is 11.4. The van der Waals surface area contributed by atoms with Gasteiger partial charge in [0.15, 0.2) is 0 Å². The van der Waals surface area contributed by atoms with E-state index in [1.165, 1.54) is 0 Å². The highest BCUT2D eigenvalue weighted by molar-refractivity contribution is 5.38. The predicted octanol–water partition coefficient (Wildman–Crippen LogP) is 3.32. The minimum Gasteiger partial charge on any atom is -0.494 e. The van der Waals surface area contributed by atoms with Crippen LogP contribution in [0.5, 0.6) is 5.75 Å². The van der Waals surface area contributed by atoms with Crippen molar-refractivity contribution in [2.75, 3.05) is 6.61 Å². The first kappa shape index (κ1) is 13.4. The second kappa shape index (κ2) is 6.23. The van der Waals surface area contributed by atoms with E-state index in [2.05, 4.69) is 6.92 Å². The SMILES string of the molecule is CCCCOc1ccc(-n2cc(C)ccc2=O)cc1. The molecule has 1 heterocycles. The lowest BCUT2D eigenvalue weighted by Crippen LogP contribution is -2.16. The first-order valence-electron chi connectivity index (χ1n) is 6.63. The number of pyridine rings is 1. The van der Waals surface area contributed by atoms with Crippen LogP contribution < -0.4 is 10.3 Å². The smallest absolute Gasteiger partial charge is 0.255 e. The summed E-state index contributed by atoms with van der Waals surface area (Å²) in [4.78, 5) is 11.8. The number of hydrogen-bond donors (Lipinski definition) is 0. The van der Waals surface area contributed by atoms with Gasteiger partial charge in [-0.1, -0.05) is 19.4 Å². The summed E-state index contributed by atoms with van der Waals surface area (Å²) in [6.45, 7) is 4.84. The average molecular weight is 257 g/mol. The van der Waals surface area contributed by atoms with Gasteiger partial charge in [-0.2, -0.15) is 0 Å². The van der Waals surface area contributed by atoms with Gasteiger partial charge in [0.1, 0.15) is 5.75 Å². The molecule has 3 nitrogen and oxygen atoms in total. The maximum absolute atomic E-state index is 11.8. The number of rotatable bonds is 5. The van der Waals surface area contributed by atoms with Crippen LogP contribution in [0.2, 0.25) is 0 Å². The van der Waals surface area contributed by atoms with Gasteiger partial charge in [-0.05, 0) is 43.2 Å². The number of benzene rings is 1. The summed E-state index contributed by atoms with van der Waals surface area (Å²) in [6, 6.07) is 11.0. The monoisotopic (exact) mass is 257 g/mol. The standard InChI is InChI=1S/C16H19NO2/c1-3-4-11-19-15-8-6-14(7-9-15)17-12-13(2)5-10-16(17)18/h5-10,12H,3-4,11H2,1-2H3. The van der Waals surface area contributed by atoms with Gasteiger partial charge in [-0.25, -0.2) is 0 Å². The minimum atomic E-state index is -0.0229. The number of hydrogen-bond acceptors (Lipinski definition) is 2. The Kier molecular flexibility index (Phi) is 4.39. The number of ether oxygens (including phenoxy) is 1. The van der Waals surface area contributed by atoms with Crippen molar-refractivity contribution < 1.29 is 4.74 Å². The quantitative estimate of drug-likeness (QED) is 0.769. The molecule has 3 heteroatoms. The van der Waals surface area contributed by atoms with Gasteiger partial charge in [0, 0.05) is 18.0 Å². The van der Waals surface area contributed by atoms with Gasteiger partial charge >= 0.3 is 0 Å². The van der Waals surface area contributed by atoms with Crippen molar-refractivity contribution in [3.05, 3.63) is 58.5 Å². The van der Waals surface area contributed by atoms with Crippen molar-refractivity contribution in [2.24, 2.45) is 0 Å². The molecule has 2 aromatic rings. The fourth-order valence-corrected chi connectivity index (χ4v) is 1.83. The maximum atomic E-state index is 11.8. The molecule has 0 amide bonds. The molecule has 0 aliphatic carbocycles. The Morgan fingerprint density at radius 1 is 1.11 bits per heavy atom. The molecule has 0 bridgehead atoms. The molecule has 0 fully saturated rings. The number of aromatic nitrogens is 1. The van der Waals surface area contributed by atoms with E-state index in [4.69, 9.17) is 4.74 Å². The topological polar surface area (TPSA) is 31.2 Å². The Bertz CT molecular complexity index is 584. The van der Waals surface area contributed by atoms with Crippen LogP contribution in [0.4, 0.5) is 0 Å². The summed E-state index contributed by atoms with van der Waals surface area (Å²) in [5.74, 6) is 0.845. The minimum absolute atomic E-state index is 0.0229. The van der Waals surface area contributed by atoms with Crippen LogP contribution in [-0.2, 0) is 0 Å². The van der Waals surface area contributed by atoms with Crippen molar-refractivity contribution in [2.45, 2.75) is 26.7 Å². The fourth-order valence-electron chi connectivity index (χ4n) is 1.83. The molecule has 19 heavy (non-hydrogen) atoms. The lowest BCUT2D eigenvalue weighted by atomic mass is 10.2. The molecule has 0 unspecified atom stereocenters. The van der Waals surface area contributed by atoms with Crippen molar-refractivity contribution in [1.82, 2.24) is 4.57 Å². The Labute approximate surface area is 113 Å². The summed E-state index contributed by atoms with van der Waals surface area (Å²) in [5, 5.41) is 0. The third-order valence-corrected chi connectivity index (χ3v) is 2.94. The van der Waals surface area contributed by atoms with Crippen molar-refractivity contribution >= 4 is 0 Å². The van der Waals surface area contributed by atoms with Gasteiger partial charge in [0.05, 0.1) is 6.61 Å². The largest absolute Gasteiger partial charge is 0.494 e. The Morgan fingerprint density at radius 2 is 1.84 bits per heavy atom. The third-order valence-electron chi connectivity index (χ3n) is 2.94. The summed E-state index contributed by atoms with van der Waals surface area (Å²) in [5.41, 5.74) is 1.89. The highest BCUT2D eigenvalue weighted by atomic mass is 16.5. The lowest BCUT2D eigenvalue weighted by Gasteiger charge is -2.09. The molecule has 0 spiro atoms. The first-order chi connectivity index (χ1) is 9.20. The van der Waals surface area contributed by atoms with Crippen molar-refractivity contribution in [1.29, 1.82) is 0 Å². The predicted molar refractivity (Wildman–Crippen MR) is 77.2 cm³/mol. The number of unbranched alkanes of at least 4 members (excludes halogenated alkanes) is 1. The van der Waals surface area contributed by atoms with Crippen LogP contribution >= 0.6 is 0 Å². The molecule has 0 aliphatic heterocycles. The number of nitrogens with zero attached hydrogens (tertiary/aromatic N) is 1. The van der Waals surface area contributed by atoms with E-state index in [1.807, 2.05) is 43.5 Å². The third kappa shape index (κ3) is 3.47. The molecule has 0 radical (unpaired) electrons. The summed E-state index contributed by atoms with van der Waals surface area (Å²) in [7, 11) is 0. The Morgan fingerprint density at radius 3 is 2.53 bits per heavy atom. The zero-order chi connectivity index (χ0) is 13.7. The van der Waals surface area contributed by atoms with Crippen LogP contribution in [0.25, 0.3) is 5.69 Å².